The molecule has 0 aliphatic heterocycles. The zero-order valence-corrected chi connectivity index (χ0v) is 7.51. The number of hydrogen-bond acceptors (Lipinski definition) is 4. The minimum absolute atomic E-state index is 0.0901. The molecular formula is C7H12N4O3. The van der Waals surface area contributed by atoms with E-state index in [1.165, 1.54) is 0 Å². The lowest BCUT2D eigenvalue weighted by Crippen LogP contribution is -2.34. The van der Waals surface area contributed by atoms with Crippen molar-refractivity contribution in [3.8, 4) is 6.19 Å². The Labute approximate surface area is 80.9 Å². The number of amides is 2. The molecule has 0 spiro atoms. The molecule has 0 aliphatic rings. The molecule has 14 heavy (non-hydrogen) atoms. The fraction of sp³-hybridized carbons (Fsp3) is 0.571. The summed E-state index contributed by atoms with van der Waals surface area (Å²) in [4.78, 5) is 21.5. The van der Waals surface area contributed by atoms with E-state index in [0.29, 0.717) is 6.42 Å². The fourth-order valence-corrected chi connectivity index (χ4v) is 0.802. The van der Waals surface area contributed by atoms with E-state index < -0.39 is 18.0 Å². The lowest BCUT2D eigenvalue weighted by Gasteiger charge is -2.11. The van der Waals surface area contributed by atoms with E-state index in [2.05, 4.69) is 0 Å². The minimum Gasteiger partial charge on any atom is -0.480 e. The summed E-state index contributed by atoms with van der Waals surface area (Å²) in [5.74, 6) is -1.10. The number of urea groups is 1. The van der Waals surface area contributed by atoms with E-state index in [9.17, 15) is 9.59 Å². The van der Waals surface area contributed by atoms with E-state index in [1.807, 2.05) is 0 Å². The Kier molecular flexibility index (Phi) is 5.02. The van der Waals surface area contributed by atoms with Crippen LogP contribution in [-0.2, 0) is 4.79 Å². The summed E-state index contributed by atoms with van der Waals surface area (Å²) in [6.07, 6.45) is 2.09. The highest BCUT2D eigenvalue weighted by atomic mass is 16.4. The monoisotopic (exact) mass is 200 g/mol. The van der Waals surface area contributed by atoms with E-state index in [0.717, 1.165) is 4.90 Å². The summed E-state index contributed by atoms with van der Waals surface area (Å²) in [6, 6.07) is -1.82. The molecule has 78 valence electrons. The van der Waals surface area contributed by atoms with Gasteiger partial charge in [-0.1, -0.05) is 0 Å². The predicted molar refractivity (Wildman–Crippen MR) is 46.7 cm³/mol. The van der Waals surface area contributed by atoms with Crippen molar-refractivity contribution in [1.82, 2.24) is 4.90 Å². The second-order valence-electron chi connectivity index (χ2n) is 2.68. The van der Waals surface area contributed by atoms with Gasteiger partial charge in [-0.3, -0.25) is 4.79 Å². The van der Waals surface area contributed by atoms with Crippen molar-refractivity contribution >= 4 is 12.0 Å². The van der Waals surface area contributed by atoms with Crippen molar-refractivity contribution in [3.05, 3.63) is 0 Å². The van der Waals surface area contributed by atoms with Crippen molar-refractivity contribution in [1.29, 1.82) is 5.26 Å². The van der Waals surface area contributed by atoms with Crippen LogP contribution in [0.2, 0.25) is 0 Å². The van der Waals surface area contributed by atoms with E-state index in [1.54, 1.807) is 6.19 Å². The van der Waals surface area contributed by atoms with Gasteiger partial charge in [0, 0.05) is 6.54 Å². The van der Waals surface area contributed by atoms with Gasteiger partial charge >= 0.3 is 12.0 Å². The fourth-order valence-electron chi connectivity index (χ4n) is 0.802. The molecule has 0 aliphatic carbocycles. The SMILES string of the molecule is N#CN(CCC[C@H](N)C(=O)O)C(N)=O. The molecular weight excluding hydrogens is 188 g/mol. The average Bonchev–Trinajstić information content (AvgIpc) is 2.11. The molecule has 0 aromatic rings. The van der Waals surface area contributed by atoms with Crippen molar-refractivity contribution < 1.29 is 14.7 Å². The molecule has 0 aromatic carbocycles. The standard InChI is InChI=1S/C7H12N4O3/c8-4-11(7(10)14)3-1-2-5(9)6(12)13/h5H,1-3,9H2,(H2,10,14)(H,12,13)/t5-/m0/s1. The molecule has 7 nitrogen and oxygen atoms in total. The molecule has 0 saturated heterocycles. The van der Waals surface area contributed by atoms with Crippen LogP contribution < -0.4 is 11.5 Å². The highest BCUT2D eigenvalue weighted by Crippen LogP contribution is 1.97. The van der Waals surface area contributed by atoms with E-state index in [4.69, 9.17) is 21.8 Å². The van der Waals surface area contributed by atoms with Crippen LogP contribution >= 0.6 is 0 Å². The third kappa shape index (κ3) is 4.27. The Balaban J connectivity index is 3.79. The maximum Gasteiger partial charge on any atom is 0.327 e. The number of carboxylic acids is 1. The van der Waals surface area contributed by atoms with Crippen LogP contribution in [0, 0.1) is 11.5 Å². The number of carbonyl (C=O) groups is 2. The van der Waals surface area contributed by atoms with Crippen molar-refractivity contribution in [2.45, 2.75) is 18.9 Å². The molecule has 0 aromatic heterocycles. The van der Waals surface area contributed by atoms with Gasteiger partial charge in [-0.15, -0.1) is 0 Å². The largest absolute Gasteiger partial charge is 0.480 e. The molecule has 1 atom stereocenters. The van der Waals surface area contributed by atoms with Gasteiger partial charge in [0.15, 0.2) is 6.19 Å². The van der Waals surface area contributed by atoms with Crippen LogP contribution in [0.1, 0.15) is 12.8 Å². The minimum atomic E-state index is -1.10. The summed E-state index contributed by atoms with van der Waals surface area (Å²) in [5.41, 5.74) is 10.0. The highest BCUT2D eigenvalue weighted by molar-refractivity contribution is 5.74. The molecule has 0 saturated carbocycles. The van der Waals surface area contributed by atoms with Gasteiger partial charge in [0.05, 0.1) is 0 Å². The maximum atomic E-state index is 10.5. The molecule has 0 fully saturated rings. The van der Waals surface area contributed by atoms with Gasteiger partial charge in [-0.2, -0.15) is 5.26 Å². The summed E-state index contributed by atoms with van der Waals surface area (Å²) >= 11 is 0. The van der Waals surface area contributed by atoms with Crippen LogP contribution in [-0.4, -0.2) is 34.6 Å². The summed E-state index contributed by atoms with van der Waals surface area (Å²) < 4.78 is 0. The third-order valence-electron chi connectivity index (χ3n) is 1.60. The summed E-state index contributed by atoms with van der Waals surface area (Å²) in [6.45, 7) is 0.0901. The van der Waals surface area contributed by atoms with E-state index >= 15 is 0 Å². The van der Waals surface area contributed by atoms with Crippen LogP contribution in [0.4, 0.5) is 4.79 Å². The number of nitrogens with zero attached hydrogens (tertiary/aromatic N) is 2. The number of carboxylic acid groups (broad SMARTS) is 1. The normalized spacial score (nSPS) is 11.4. The predicted octanol–water partition coefficient (Wildman–Crippen LogP) is -0.960. The zero-order valence-electron chi connectivity index (χ0n) is 7.51. The van der Waals surface area contributed by atoms with Gasteiger partial charge in [-0.25, -0.2) is 9.69 Å². The molecule has 2 amide bonds. The Morgan fingerprint density at radius 1 is 1.57 bits per heavy atom. The Bertz CT molecular complexity index is 260. The molecule has 0 heterocycles. The van der Waals surface area contributed by atoms with Gasteiger partial charge in [-0.05, 0) is 12.8 Å². The van der Waals surface area contributed by atoms with Crippen LogP contribution in [0.25, 0.3) is 0 Å². The smallest absolute Gasteiger partial charge is 0.327 e. The van der Waals surface area contributed by atoms with Gasteiger partial charge in [0.1, 0.15) is 6.04 Å². The number of hydrogen-bond donors (Lipinski definition) is 3. The number of carbonyl (C=O) groups excluding carboxylic acids is 1. The zero-order chi connectivity index (χ0) is 11.1. The third-order valence-corrected chi connectivity index (χ3v) is 1.60. The van der Waals surface area contributed by atoms with Crippen LogP contribution in [0.15, 0.2) is 0 Å². The second kappa shape index (κ2) is 5.77. The molecule has 0 radical (unpaired) electrons. The molecule has 0 rings (SSSR count). The second-order valence-corrected chi connectivity index (χ2v) is 2.68. The summed E-state index contributed by atoms with van der Waals surface area (Å²) in [5, 5.41) is 16.8. The summed E-state index contributed by atoms with van der Waals surface area (Å²) in [7, 11) is 0. The Morgan fingerprint density at radius 3 is 2.50 bits per heavy atom. The van der Waals surface area contributed by atoms with Gasteiger partial charge in [0.2, 0.25) is 0 Å². The first-order valence-electron chi connectivity index (χ1n) is 3.94. The first-order valence-corrected chi connectivity index (χ1v) is 3.94. The first kappa shape index (κ1) is 12.2. The molecule has 0 bridgehead atoms. The lowest BCUT2D eigenvalue weighted by atomic mass is 10.1. The lowest BCUT2D eigenvalue weighted by molar-refractivity contribution is -0.138. The average molecular weight is 200 g/mol. The molecule has 5 N–H and O–H groups in total. The Hall–Kier alpha value is -1.81. The highest BCUT2D eigenvalue weighted by Gasteiger charge is 2.13. The first-order chi connectivity index (χ1) is 6.49. The van der Waals surface area contributed by atoms with Crippen molar-refractivity contribution in [2.75, 3.05) is 6.54 Å². The molecule has 0 unspecified atom stereocenters. The number of nitrogens with two attached hydrogens (primary N) is 2. The van der Waals surface area contributed by atoms with E-state index in [-0.39, 0.29) is 13.0 Å². The Morgan fingerprint density at radius 2 is 2.14 bits per heavy atom. The maximum absolute atomic E-state index is 10.5. The number of nitriles is 1. The topological polar surface area (TPSA) is 133 Å². The van der Waals surface area contributed by atoms with Gasteiger partial charge in [0.25, 0.3) is 0 Å². The van der Waals surface area contributed by atoms with Crippen molar-refractivity contribution in [2.24, 2.45) is 11.5 Å². The molecule has 7 heteroatoms. The van der Waals surface area contributed by atoms with Gasteiger partial charge < -0.3 is 16.6 Å². The van der Waals surface area contributed by atoms with Crippen LogP contribution in [0.5, 0.6) is 0 Å². The van der Waals surface area contributed by atoms with Crippen molar-refractivity contribution in [3.63, 3.8) is 0 Å². The quantitative estimate of drug-likeness (QED) is 0.388. The number of rotatable bonds is 5. The number of aliphatic carboxylic acids is 1. The van der Waals surface area contributed by atoms with Crippen LogP contribution in [0.3, 0.4) is 0 Å². The number of primary amides is 1.